The summed E-state index contributed by atoms with van der Waals surface area (Å²) in [6.07, 6.45) is 1.08. The molecular formula is C24H17F3N2O3S. The van der Waals surface area contributed by atoms with Gasteiger partial charge in [-0.1, -0.05) is 30.3 Å². The third-order valence-corrected chi connectivity index (χ3v) is 6.17. The average molecular weight is 470 g/mol. The number of hydrogen-bond donors (Lipinski definition) is 0. The lowest BCUT2D eigenvalue weighted by atomic mass is 10.00. The summed E-state index contributed by atoms with van der Waals surface area (Å²) in [4.78, 5) is 12.9. The minimum Gasteiger partial charge on any atom is -0.268 e. The van der Waals surface area contributed by atoms with Crippen molar-refractivity contribution in [1.29, 1.82) is 0 Å². The van der Waals surface area contributed by atoms with E-state index in [0.29, 0.717) is 22.4 Å². The Hall–Kier alpha value is -3.72. The summed E-state index contributed by atoms with van der Waals surface area (Å²) in [5.74, 6) is -2.01. The predicted molar refractivity (Wildman–Crippen MR) is 118 cm³/mol. The van der Waals surface area contributed by atoms with Crippen LogP contribution in [-0.4, -0.2) is 24.5 Å². The number of aromatic nitrogens is 2. The Morgan fingerprint density at radius 1 is 0.818 bits per heavy atom. The predicted octanol–water partition coefficient (Wildman–Crippen LogP) is 4.45. The van der Waals surface area contributed by atoms with Crippen molar-refractivity contribution in [1.82, 2.24) is 9.78 Å². The number of sulfone groups is 1. The first-order chi connectivity index (χ1) is 15.6. The van der Waals surface area contributed by atoms with E-state index >= 15 is 0 Å². The lowest BCUT2D eigenvalue weighted by Gasteiger charge is -2.13. The van der Waals surface area contributed by atoms with Gasteiger partial charge < -0.3 is 0 Å². The zero-order valence-electron chi connectivity index (χ0n) is 17.3. The van der Waals surface area contributed by atoms with Crippen LogP contribution in [0.3, 0.4) is 0 Å². The van der Waals surface area contributed by atoms with Crippen LogP contribution < -0.4 is 5.56 Å². The Kier molecular flexibility index (Phi) is 5.90. The van der Waals surface area contributed by atoms with Crippen molar-refractivity contribution in [2.24, 2.45) is 0 Å². The molecule has 0 saturated carbocycles. The first-order valence-electron chi connectivity index (χ1n) is 9.74. The standard InChI is InChI=1S/C24H17F3N2O3S/c1-33(31,32)20-10-5-16(6-11-20)24-21(15-2-7-18(25)8-3-15)13-23(30)29(28-24)14-17-4-9-19(26)12-22(17)27/h2-13H,14H2,1H3. The first kappa shape index (κ1) is 22.5. The highest BCUT2D eigenvalue weighted by atomic mass is 32.2. The third-order valence-electron chi connectivity index (χ3n) is 5.04. The maximum absolute atomic E-state index is 14.2. The monoisotopic (exact) mass is 470 g/mol. The van der Waals surface area contributed by atoms with Gasteiger partial charge in [-0.2, -0.15) is 5.10 Å². The Labute approximate surface area is 187 Å². The van der Waals surface area contributed by atoms with Crippen molar-refractivity contribution in [3.63, 3.8) is 0 Å². The molecule has 0 aliphatic rings. The second kappa shape index (κ2) is 8.67. The summed E-state index contributed by atoms with van der Waals surface area (Å²) in [6, 6.07) is 15.7. The van der Waals surface area contributed by atoms with Crippen molar-refractivity contribution in [3.05, 3.63) is 106 Å². The van der Waals surface area contributed by atoms with E-state index in [1.54, 1.807) is 12.1 Å². The number of halogens is 3. The van der Waals surface area contributed by atoms with Crippen molar-refractivity contribution < 1.29 is 21.6 Å². The summed E-state index contributed by atoms with van der Waals surface area (Å²) in [7, 11) is -3.42. The van der Waals surface area contributed by atoms with E-state index < -0.39 is 32.8 Å². The highest BCUT2D eigenvalue weighted by Gasteiger charge is 2.16. The minimum absolute atomic E-state index is 0.0684. The van der Waals surface area contributed by atoms with Crippen molar-refractivity contribution in [3.8, 4) is 22.4 Å². The van der Waals surface area contributed by atoms with Crippen LogP contribution in [0.25, 0.3) is 22.4 Å². The topological polar surface area (TPSA) is 69.0 Å². The number of rotatable bonds is 5. The Balaban J connectivity index is 1.88. The van der Waals surface area contributed by atoms with Gasteiger partial charge in [-0.15, -0.1) is 0 Å². The van der Waals surface area contributed by atoms with E-state index in [-0.39, 0.29) is 17.0 Å². The molecule has 5 nitrogen and oxygen atoms in total. The van der Waals surface area contributed by atoms with Crippen molar-refractivity contribution >= 4 is 9.84 Å². The van der Waals surface area contributed by atoms with E-state index in [0.717, 1.165) is 23.1 Å². The van der Waals surface area contributed by atoms with Gasteiger partial charge in [0.1, 0.15) is 17.5 Å². The van der Waals surface area contributed by atoms with Crippen molar-refractivity contribution in [2.45, 2.75) is 11.4 Å². The molecule has 0 aliphatic heterocycles. The van der Waals surface area contributed by atoms with Gasteiger partial charge in [0, 0.05) is 35.1 Å². The molecule has 33 heavy (non-hydrogen) atoms. The summed E-state index contributed by atoms with van der Waals surface area (Å²) < 4.78 is 65.5. The van der Waals surface area contributed by atoms with Crippen molar-refractivity contribution in [2.75, 3.05) is 6.26 Å². The molecule has 3 aromatic carbocycles. The molecule has 0 radical (unpaired) electrons. The van der Waals surface area contributed by atoms with E-state index in [1.165, 1.54) is 48.5 Å². The summed E-state index contributed by atoms with van der Waals surface area (Å²) in [5, 5.41) is 4.39. The average Bonchev–Trinajstić information content (AvgIpc) is 2.77. The van der Waals surface area contributed by atoms with E-state index in [4.69, 9.17) is 0 Å². The molecule has 4 aromatic rings. The lowest BCUT2D eigenvalue weighted by molar-refractivity contribution is 0.552. The number of benzene rings is 3. The first-order valence-corrected chi connectivity index (χ1v) is 11.6. The van der Waals surface area contributed by atoms with Crippen LogP contribution in [-0.2, 0) is 16.4 Å². The zero-order chi connectivity index (χ0) is 23.8. The molecule has 0 N–H and O–H groups in total. The Morgan fingerprint density at radius 3 is 2.03 bits per heavy atom. The molecule has 0 fully saturated rings. The molecule has 0 amide bonds. The van der Waals surface area contributed by atoms with E-state index in [2.05, 4.69) is 5.10 Å². The van der Waals surface area contributed by atoms with Crippen LogP contribution >= 0.6 is 0 Å². The van der Waals surface area contributed by atoms with Crippen LogP contribution in [0.5, 0.6) is 0 Å². The second-order valence-electron chi connectivity index (χ2n) is 7.44. The van der Waals surface area contributed by atoms with Crippen LogP contribution in [0.2, 0.25) is 0 Å². The fourth-order valence-corrected chi connectivity index (χ4v) is 3.97. The van der Waals surface area contributed by atoms with Gasteiger partial charge in [-0.05, 0) is 35.9 Å². The maximum atomic E-state index is 14.2. The Morgan fingerprint density at radius 2 is 1.42 bits per heavy atom. The molecule has 0 aliphatic carbocycles. The Bertz CT molecular complexity index is 1500. The van der Waals surface area contributed by atoms with Crippen LogP contribution in [0, 0.1) is 17.5 Å². The summed E-state index contributed by atoms with van der Waals surface area (Å²) >= 11 is 0. The maximum Gasteiger partial charge on any atom is 0.267 e. The fourth-order valence-electron chi connectivity index (χ4n) is 3.34. The molecule has 9 heteroatoms. The molecule has 1 aromatic heterocycles. The van der Waals surface area contributed by atoms with Gasteiger partial charge in [0.05, 0.1) is 17.1 Å². The van der Waals surface area contributed by atoms with Crippen LogP contribution in [0.15, 0.2) is 82.5 Å². The van der Waals surface area contributed by atoms with Gasteiger partial charge in [0.2, 0.25) is 0 Å². The molecule has 168 valence electrons. The molecular weight excluding hydrogens is 453 g/mol. The zero-order valence-corrected chi connectivity index (χ0v) is 18.1. The lowest BCUT2D eigenvalue weighted by Crippen LogP contribution is -2.24. The highest BCUT2D eigenvalue weighted by Crippen LogP contribution is 2.30. The molecule has 0 bridgehead atoms. The van der Waals surface area contributed by atoms with Gasteiger partial charge in [-0.3, -0.25) is 4.79 Å². The smallest absolute Gasteiger partial charge is 0.267 e. The van der Waals surface area contributed by atoms with Crippen LogP contribution in [0.1, 0.15) is 5.56 Å². The van der Waals surface area contributed by atoms with Gasteiger partial charge in [0.25, 0.3) is 5.56 Å². The van der Waals surface area contributed by atoms with Crippen LogP contribution in [0.4, 0.5) is 13.2 Å². The SMILES string of the molecule is CS(=O)(=O)c1ccc(-c2nn(Cc3ccc(F)cc3F)c(=O)cc2-c2ccc(F)cc2)cc1. The summed E-state index contributed by atoms with van der Waals surface area (Å²) in [6.45, 7) is -0.247. The van der Waals surface area contributed by atoms with Gasteiger partial charge in [-0.25, -0.2) is 26.3 Å². The fraction of sp³-hybridized carbons (Fsp3) is 0.0833. The summed E-state index contributed by atoms with van der Waals surface area (Å²) in [5.41, 5.74) is 1.23. The van der Waals surface area contributed by atoms with E-state index in [9.17, 15) is 26.4 Å². The quantitative estimate of drug-likeness (QED) is 0.432. The van der Waals surface area contributed by atoms with E-state index in [1.807, 2.05) is 0 Å². The largest absolute Gasteiger partial charge is 0.268 e. The molecule has 0 saturated heterocycles. The molecule has 0 atom stereocenters. The van der Waals surface area contributed by atoms with Gasteiger partial charge in [0.15, 0.2) is 9.84 Å². The second-order valence-corrected chi connectivity index (χ2v) is 9.46. The molecule has 0 spiro atoms. The number of hydrogen-bond acceptors (Lipinski definition) is 4. The molecule has 4 rings (SSSR count). The molecule has 0 unspecified atom stereocenters. The third kappa shape index (κ3) is 4.88. The normalized spacial score (nSPS) is 11.5. The molecule has 1 heterocycles. The highest BCUT2D eigenvalue weighted by molar-refractivity contribution is 7.90. The minimum atomic E-state index is -3.42. The number of nitrogens with zero attached hydrogens (tertiary/aromatic N) is 2. The van der Waals surface area contributed by atoms with Gasteiger partial charge >= 0.3 is 0 Å².